The number of likely N-dealkylation sites (N-methyl/N-ethyl adjacent to an activating group) is 1. The van der Waals surface area contributed by atoms with Crippen LogP contribution in [0.4, 0.5) is 0 Å². The zero-order chi connectivity index (χ0) is 15.9. The van der Waals surface area contributed by atoms with Crippen LogP contribution in [0.15, 0.2) is 5.16 Å². The van der Waals surface area contributed by atoms with Crippen molar-refractivity contribution < 1.29 is 9.90 Å². The monoisotopic (exact) mass is 327 g/mol. The number of aryl methyl sites for hydroxylation is 1. The average molecular weight is 327 g/mol. The molecule has 1 aliphatic carbocycles. The fourth-order valence-electron chi connectivity index (χ4n) is 2.93. The van der Waals surface area contributed by atoms with Crippen molar-refractivity contribution in [2.75, 3.05) is 12.3 Å². The molecule has 2 rings (SSSR count). The van der Waals surface area contributed by atoms with E-state index in [-0.39, 0.29) is 18.1 Å². The Balaban J connectivity index is 1.76. The fraction of sp³-hybridized carbons (Fsp3) is 0.857. The minimum Gasteiger partial charge on any atom is -0.391 e. The Hall–Kier alpha value is -1.15. The van der Waals surface area contributed by atoms with E-state index >= 15 is 0 Å². The van der Waals surface area contributed by atoms with E-state index in [1.165, 1.54) is 0 Å². The highest BCUT2D eigenvalue weighted by Crippen LogP contribution is 2.24. The number of hydrogen-bond donors (Lipinski definition) is 1. The van der Waals surface area contributed by atoms with E-state index in [9.17, 15) is 9.90 Å². The van der Waals surface area contributed by atoms with Crippen LogP contribution in [0.5, 0.6) is 0 Å². The average Bonchev–Trinajstić information content (AvgIpc) is 2.92. The molecule has 8 heteroatoms. The van der Waals surface area contributed by atoms with E-state index in [1.54, 1.807) is 23.5 Å². The highest BCUT2D eigenvalue weighted by Gasteiger charge is 2.30. The molecule has 1 saturated carbocycles. The van der Waals surface area contributed by atoms with Gasteiger partial charge in [0.1, 0.15) is 0 Å². The molecule has 1 amide bonds. The number of tetrazole rings is 1. The summed E-state index contributed by atoms with van der Waals surface area (Å²) in [5, 5.41) is 22.2. The Bertz CT molecular complexity index is 482. The molecule has 1 fully saturated rings. The van der Waals surface area contributed by atoms with E-state index < -0.39 is 0 Å². The van der Waals surface area contributed by atoms with E-state index in [2.05, 4.69) is 15.5 Å². The highest BCUT2D eigenvalue weighted by atomic mass is 32.2. The molecule has 1 aromatic heterocycles. The van der Waals surface area contributed by atoms with Gasteiger partial charge in [-0.3, -0.25) is 4.79 Å². The van der Waals surface area contributed by atoms with Gasteiger partial charge in [0.2, 0.25) is 11.1 Å². The van der Waals surface area contributed by atoms with Gasteiger partial charge in [-0.25, -0.2) is 4.68 Å². The number of thioether (sulfide) groups is 1. The molecule has 2 atom stereocenters. The molecule has 7 nitrogen and oxygen atoms in total. The number of nitrogens with zero attached hydrogens (tertiary/aromatic N) is 5. The second-order valence-electron chi connectivity index (χ2n) is 5.64. The fourth-order valence-corrected chi connectivity index (χ4v) is 3.71. The van der Waals surface area contributed by atoms with Crippen LogP contribution in [-0.2, 0) is 11.8 Å². The topological polar surface area (TPSA) is 84.1 Å². The summed E-state index contributed by atoms with van der Waals surface area (Å²) < 4.78 is 1.63. The Labute approximate surface area is 135 Å². The van der Waals surface area contributed by atoms with E-state index in [4.69, 9.17) is 0 Å². The van der Waals surface area contributed by atoms with Gasteiger partial charge in [-0.15, -0.1) is 5.10 Å². The molecule has 1 aliphatic rings. The van der Waals surface area contributed by atoms with Crippen LogP contribution in [0.1, 0.15) is 45.4 Å². The molecular weight excluding hydrogens is 302 g/mol. The summed E-state index contributed by atoms with van der Waals surface area (Å²) in [4.78, 5) is 14.3. The van der Waals surface area contributed by atoms with Crippen LogP contribution in [-0.4, -0.2) is 60.6 Å². The van der Waals surface area contributed by atoms with Crippen LogP contribution < -0.4 is 0 Å². The van der Waals surface area contributed by atoms with E-state index in [0.29, 0.717) is 13.0 Å². The van der Waals surface area contributed by atoms with Crippen molar-refractivity contribution >= 4 is 17.7 Å². The lowest BCUT2D eigenvalue weighted by molar-refractivity contribution is -0.137. The summed E-state index contributed by atoms with van der Waals surface area (Å²) in [6.07, 6.45) is 4.82. The zero-order valence-corrected chi connectivity index (χ0v) is 14.1. The molecule has 0 spiro atoms. The smallest absolute Gasteiger partial charge is 0.222 e. The molecular formula is C14H25N5O2S. The first-order chi connectivity index (χ1) is 10.6. The molecule has 0 aromatic carbocycles. The molecule has 0 radical (unpaired) electrons. The SMILES string of the molecule is CCN(C(=O)CCCSc1nnnn1C)C1CCCCC1O. The summed E-state index contributed by atoms with van der Waals surface area (Å²) >= 11 is 1.56. The Morgan fingerprint density at radius 3 is 2.86 bits per heavy atom. The minimum atomic E-state index is -0.364. The van der Waals surface area contributed by atoms with Crippen LogP contribution in [0.3, 0.4) is 0 Å². The maximum absolute atomic E-state index is 12.4. The van der Waals surface area contributed by atoms with Gasteiger partial charge in [0.25, 0.3) is 0 Å². The van der Waals surface area contributed by atoms with Crippen LogP contribution in [0.2, 0.25) is 0 Å². The van der Waals surface area contributed by atoms with E-state index in [1.807, 2.05) is 11.8 Å². The van der Waals surface area contributed by atoms with Crippen LogP contribution in [0.25, 0.3) is 0 Å². The standard InChI is InChI=1S/C14H25N5O2S/c1-3-19(11-7-4-5-8-12(11)20)13(21)9-6-10-22-14-15-16-17-18(14)2/h11-12,20H,3-10H2,1-2H3. The maximum Gasteiger partial charge on any atom is 0.222 e. The zero-order valence-electron chi connectivity index (χ0n) is 13.3. The van der Waals surface area contributed by atoms with Crippen LogP contribution in [0, 0.1) is 0 Å². The lowest BCUT2D eigenvalue weighted by Gasteiger charge is -2.37. The summed E-state index contributed by atoms with van der Waals surface area (Å²) in [6, 6.07) is 0.00171. The van der Waals surface area contributed by atoms with E-state index in [0.717, 1.165) is 43.0 Å². The van der Waals surface area contributed by atoms with Crippen molar-refractivity contribution in [3.8, 4) is 0 Å². The summed E-state index contributed by atoms with van der Waals surface area (Å²) in [7, 11) is 1.80. The number of aromatic nitrogens is 4. The van der Waals surface area contributed by atoms with Gasteiger partial charge in [-0.2, -0.15) is 0 Å². The maximum atomic E-state index is 12.4. The lowest BCUT2D eigenvalue weighted by atomic mass is 9.91. The molecule has 1 aromatic rings. The number of hydrogen-bond acceptors (Lipinski definition) is 6. The Morgan fingerprint density at radius 2 is 2.23 bits per heavy atom. The van der Waals surface area contributed by atoms with Gasteiger partial charge in [-0.1, -0.05) is 24.6 Å². The van der Waals surface area contributed by atoms with Gasteiger partial charge in [-0.05, 0) is 36.6 Å². The molecule has 2 unspecified atom stereocenters. The van der Waals surface area contributed by atoms with Gasteiger partial charge >= 0.3 is 0 Å². The van der Waals surface area contributed by atoms with Crippen molar-refractivity contribution in [1.82, 2.24) is 25.1 Å². The Kier molecular flexibility index (Phi) is 6.63. The molecule has 0 bridgehead atoms. The second kappa shape index (κ2) is 8.47. The van der Waals surface area contributed by atoms with Crippen molar-refractivity contribution in [2.24, 2.45) is 7.05 Å². The third-order valence-corrected chi connectivity index (χ3v) is 5.20. The second-order valence-corrected chi connectivity index (χ2v) is 6.70. The number of carbonyl (C=O) groups excluding carboxylic acids is 1. The van der Waals surface area contributed by atoms with Crippen molar-refractivity contribution in [3.05, 3.63) is 0 Å². The molecule has 1 N–H and O–H groups in total. The first kappa shape index (κ1) is 17.2. The first-order valence-corrected chi connectivity index (χ1v) is 8.94. The van der Waals surface area contributed by atoms with Crippen molar-refractivity contribution in [2.45, 2.75) is 62.8 Å². The normalized spacial score (nSPS) is 21.8. The minimum absolute atomic E-state index is 0.00171. The largest absolute Gasteiger partial charge is 0.391 e. The van der Waals surface area contributed by atoms with Crippen molar-refractivity contribution in [3.63, 3.8) is 0 Å². The van der Waals surface area contributed by atoms with Gasteiger partial charge in [0, 0.05) is 25.8 Å². The molecule has 1 heterocycles. The first-order valence-electron chi connectivity index (χ1n) is 7.96. The molecule has 22 heavy (non-hydrogen) atoms. The number of amides is 1. The predicted octanol–water partition coefficient (Wildman–Crippen LogP) is 1.23. The Morgan fingerprint density at radius 1 is 1.45 bits per heavy atom. The van der Waals surface area contributed by atoms with Gasteiger partial charge in [0.05, 0.1) is 12.1 Å². The third-order valence-electron chi connectivity index (χ3n) is 4.10. The van der Waals surface area contributed by atoms with Crippen molar-refractivity contribution in [1.29, 1.82) is 0 Å². The number of aliphatic hydroxyl groups excluding tert-OH is 1. The lowest BCUT2D eigenvalue weighted by Crippen LogP contribution is -2.48. The number of rotatable bonds is 7. The summed E-state index contributed by atoms with van der Waals surface area (Å²) in [5.41, 5.74) is 0. The predicted molar refractivity (Wildman–Crippen MR) is 84.4 cm³/mol. The van der Waals surface area contributed by atoms with Gasteiger partial charge < -0.3 is 10.0 Å². The van der Waals surface area contributed by atoms with Crippen LogP contribution >= 0.6 is 11.8 Å². The molecule has 0 aliphatic heterocycles. The summed E-state index contributed by atoms with van der Waals surface area (Å²) in [6.45, 7) is 2.65. The molecule has 124 valence electrons. The molecule has 0 saturated heterocycles. The summed E-state index contributed by atoms with van der Waals surface area (Å²) in [5.74, 6) is 0.954. The highest BCUT2D eigenvalue weighted by molar-refractivity contribution is 7.99. The number of aliphatic hydroxyl groups is 1. The quantitative estimate of drug-likeness (QED) is 0.599. The third kappa shape index (κ3) is 4.42. The number of carbonyl (C=O) groups is 1. The van der Waals surface area contributed by atoms with Gasteiger partial charge in [0.15, 0.2) is 0 Å².